The lowest BCUT2D eigenvalue weighted by Gasteiger charge is -2.13. The van der Waals surface area contributed by atoms with Crippen LogP contribution in [0.25, 0.3) is 11.0 Å². The van der Waals surface area contributed by atoms with Gasteiger partial charge in [-0.15, -0.1) is 0 Å². The van der Waals surface area contributed by atoms with Gasteiger partial charge >= 0.3 is 5.69 Å². The molecule has 0 fully saturated rings. The van der Waals surface area contributed by atoms with Crippen molar-refractivity contribution in [3.8, 4) is 0 Å². The van der Waals surface area contributed by atoms with E-state index >= 15 is 0 Å². The monoisotopic (exact) mass is 204 g/mol. The highest BCUT2D eigenvalue weighted by Crippen LogP contribution is 2.28. The molecule has 0 aliphatic carbocycles. The molecule has 2 aromatic rings. The summed E-state index contributed by atoms with van der Waals surface area (Å²) in [6.45, 7) is 8.47. The minimum absolute atomic E-state index is 0.128. The zero-order valence-corrected chi connectivity index (χ0v) is 9.56. The molecule has 0 unspecified atom stereocenters. The van der Waals surface area contributed by atoms with Crippen LogP contribution in [-0.4, -0.2) is 9.97 Å². The van der Waals surface area contributed by atoms with E-state index in [4.69, 9.17) is 0 Å². The van der Waals surface area contributed by atoms with Gasteiger partial charge in [0.2, 0.25) is 0 Å². The molecule has 0 atom stereocenters. The molecule has 1 aromatic heterocycles. The first-order valence-corrected chi connectivity index (χ1v) is 5.22. The van der Waals surface area contributed by atoms with Crippen molar-refractivity contribution in [2.24, 2.45) is 0 Å². The number of aromatic amines is 2. The van der Waals surface area contributed by atoms with Crippen LogP contribution < -0.4 is 5.69 Å². The smallest absolute Gasteiger partial charge is 0.306 e. The van der Waals surface area contributed by atoms with E-state index in [0.29, 0.717) is 5.92 Å². The predicted molar refractivity (Wildman–Crippen MR) is 62.5 cm³/mol. The molecule has 0 saturated carbocycles. The van der Waals surface area contributed by atoms with Gasteiger partial charge in [-0.3, -0.25) is 0 Å². The largest absolute Gasteiger partial charge is 0.323 e. The van der Waals surface area contributed by atoms with Crippen LogP contribution in [0.4, 0.5) is 0 Å². The van der Waals surface area contributed by atoms with E-state index in [-0.39, 0.29) is 5.69 Å². The molecular weight excluding hydrogens is 188 g/mol. The minimum atomic E-state index is -0.128. The second-order valence-corrected chi connectivity index (χ2v) is 4.39. The Bertz CT molecular complexity index is 561. The molecule has 0 saturated heterocycles. The lowest BCUT2D eigenvalue weighted by Crippen LogP contribution is -2.00. The van der Waals surface area contributed by atoms with Gasteiger partial charge in [0.05, 0.1) is 11.0 Å². The summed E-state index contributed by atoms with van der Waals surface area (Å²) in [6, 6.07) is 2.02. The molecule has 3 heteroatoms. The van der Waals surface area contributed by atoms with Crippen molar-refractivity contribution in [1.82, 2.24) is 9.97 Å². The van der Waals surface area contributed by atoms with Crippen molar-refractivity contribution in [3.05, 3.63) is 33.2 Å². The fourth-order valence-corrected chi connectivity index (χ4v) is 2.16. The molecule has 2 N–H and O–H groups in total. The normalized spacial score (nSPS) is 11.5. The van der Waals surface area contributed by atoms with Crippen LogP contribution in [0.1, 0.15) is 36.5 Å². The summed E-state index contributed by atoms with van der Waals surface area (Å²) in [5, 5.41) is 0. The summed E-state index contributed by atoms with van der Waals surface area (Å²) >= 11 is 0. The van der Waals surface area contributed by atoms with Crippen molar-refractivity contribution >= 4 is 11.0 Å². The van der Waals surface area contributed by atoms with Gasteiger partial charge in [0.25, 0.3) is 0 Å². The van der Waals surface area contributed by atoms with E-state index in [1.54, 1.807) is 0 Å². The van der Waals surface area contributed by atoms with Crippen LogP contribution in [0.3, 0.4) is 0 Å². The Kier molecular flexibility index (Phi) is 2.18. The SMILES string of the molecule is Cc1cc2[nH]c(=O)[nH]c2c(C(C)C)c1C. The molecular formula is C12H16N2O. The maximum Gasteiger partial charge on any atom is 0.323 e. The second kappa shape index (κ2) is 3.26. The standard InChI is InChI=1S/C12H16N2O/c1-6(2)10-8(4)7(3)5-9-11(10)14-12(15)13-9/h5-6H,1-4H3,(H2,13,14,15). The molecule has 0 aliphatic heterocycles. The highest BCUT2D eigenvalue weighted by molar-refractivity contribution is 5.81. The number of fused-ring (bicyclic) bond motifs is 1. The summed E-state index contributed by atoms with van der Waals surface area (Å²) in [6.07, 6.45) is 0. The maximum absolute atomic E-state index is 11.3. The van der Waals surface area contributed by atoms with Gasteiger partial charge in [-0.25, -0.2) is 4.79 Å². The van der Waals surface area contributed by atoms with E-state index in [0.717, 1.165) is 11.0 Å². The van der Waals surface area contributed by atoms with E-state index in [2.05, 4.69) is 37.7 Å². The number of imidazole rings is 1. The minimum Gasteiger partial charge on any atom is -0.306 e. The quantitative estimate of drug-likeness (QED) is 0.737. The molecule has 1 heterocycles. The second-order valence-electron chi connectivity index (χ2n) is 4.39. The van der Waals surface area contributed by atoms with Gasteiger partial charge in [-0.2, -0.15) is 0 Å². The Labute approximate surface area is 88.5 Å². The molecule has 2 rings (SSSR count). The average Bonchev–Trinajstić information content (AvgIpc) is 2.46. The molecule has 3 nitrogen and oxygen atoms in total. The zero-order chi connectivity index (χ0) is 11.2. The molecule has 0 spiro atoms. The molecule has 0 bridgehead atoms. The number of aryl methyl sites for hydroxylation is 1. The van der Waals surface area contributed by atoms with Gasteiger partial charge in [-0.05, 0) is 42.5 Å². The Morgan fingerprint density at radius 1 is 1.20 bits per heavy atom. The number of aromatic nitrogens is 2. The molecule has 0 amide bonds. The van der Waals surface area contributed by atoms with E-state index in [1.807, 2.05) is 6.07 Å². The van der Waals surface area contributed by atoms with Crippen LogP contribution in [0.5, 0.6) is 0 Å². The number of hydrogen-bond acceptors (Lipinski definition) is 1. The third-order valence-corrected chi connectivity index (χ3v) is 2.96. The van der Waals surface area contributed by atoms with Crippen molar-refractivity contribution in [2.75, 3.05) is 0 Å². The summed E-state index contributed by atoms with van der Waals surface area (Å²) in [7, 11) is 0. The molecule has 0 radical (unpaired) electrons. The van der Waals surface area contributed by atoms with Gasteiger partial charge in [0.15, 0.2) is 0 Å². The Morgan fingerprint density at radius 2 is 1.87 bits per heavy atom. The van der Waals surface area contributed by atoms with Crippen LogP contribution >= 0.6 is 0 Å². The topological polar surface area (TPSA) is 48.6 Å². The van der Waals surface area contributed by atoms with Crippen molar-refractivity contribution < 1.29 is 0 Å². The third kappa shape index (κ3) is 1.48. The summed E-state index contributed by atoms with van der Waals surface area (Å²) in [5.41, 5.74) is 5.47. The number of H-pyrrole nitrogens is 2. The lowest BCUT2D eigenvalue weighted by atomic mass is 9.93. The summed E-state index contributed by atoms with van der Waals surface area (Å²) < 4.78 is 0. The number of rotatable bonds is 1. The van der Waals surface area contributed by atoms with Crippen LogP contribution in [-0.2, 0) is 0 Å². The maximum atomic E-state index is 11.3. The Hall–Kier alpha value is -1.51. The molecule has 1 aromatic carbocycles. The number of hydrogen-bond donors (Lipinski definition) is 2. The summed E-state index contributed by atoms with van der Waals surface area (Å²) in [5.74, 6) is 0.416. The molecule has 0 aliphatic rings. The Morgan fingerprint density at radius 3 is 2.47 bits per heavy atom. The third-order valence-electron chi connectivity index (χ3n) is 2.96. The van der Waals surface area contributed by atoms with Gasteiger partial charge < -0.3 is 9.97 Å². The van der Waals surface area contributed by atoms with Crippen molar-refractivity contribution in [2.45, 2.75) is 33.6 Å². The highest BCUT2D eigenvalue weighted by Gasteiger charge is 2.12. The number of nitrogens with one attached hydrogen (secondary N) is 2. The first-order chi connectivity index (χ1) is 7.00. The highest BCUT2D eigenvalue weighted by atomic mass is 16.1. The molecule has 15 heavy (non-hydrogen) atoms. The van der Waals surface area contributed by atoms with E-state index in [1.165, 1.54) is 16.7 Å². The van der Waals surface area contributed by atoms with E-state index in [9.17, 15) is 4.79 Å². The lowest BCUT2D eigenvalue weighted by molar-refractivity contribution is 0.861. The van der Waals surface area contributed by atoms with Crippen molar-refractivity contribution in [3.63, 3.8) is 0 Å². The van der Waals surface area contributed by atoms with Gasteiger partial charge in [-0.1, -0.05) is 13.8 Å². The molecule has 80 valence electrons. The first-order valence-electron chi connectivity index (χ1n) is 5.22. The van der Waals surface area contributed by atoms with E-state index < -0.39 is 0 Å². The average molecular weight is 204 g/mol. The summed E-state index contributed by atoms with van der Waals surface area (Å²) in [4.78, 5) is 17.0. The predicted octanol–water partition coefficient (Wildman–Crippen LogP) is 2.60. The zero-order valence-electron chi connectivity index (χ0n) is 9.56. The van der Waals surface area contributed by atoms with Gasteiger partial charge in [0, 0.05) is 0 Å². The van der Waals surface area contributed by atoms with Crippen LogP contribution in [0, 0.1) is 13.8 Å². The fourth-order valence-electron chi connectivity index (χ4n) is 2.16. The van der Waals surface area contributed by atoms with Gasteiger partial charge in [0.1, 0.15) is 0 Å². The first kappa shape index (κ1) is 10.0. The van der Waals surface area contributed by atoms with Crippen LogP contribution in [0.15, 0.2) is 10.9 Å². The van der Waals surface area contributed by atoms with Crippen LogP contribution in [0.2, 0.25) is 0 Å². The van der Waals surface area contributed by atoms with Crippen molar-refractivity contribution in [1.29, 1.82) is 0 Å². The fraction of sp³-hybridized carbons (Fsp3) is 0.417. The number of benzene rings is 1. The Balaban J connectivity index is 2.94.